The minimum absolute atomic E-state index is 0.159. The van der Waals surface area contributed by atoms with Crippen LogP contribution in [0.15, 0.2) is 96.4 Å². The molecule has 0 amide bonds. The van der Waals surface area contributed by atoms with Crippen molar-refractivity contribution in [3.63, 3.8) is 0 Å². The highest BCUT2D eigenvalue weighted by molar-refractivity contribution is 7.12. The van der Waals surface area contributed by atoms with E-state index in [9.17, 15) is 18.8 Å². The third-order valence-corrected chi connectivity index (χ3v) is 8.86. The molecule has 4 nitrogen and oxygen atoms in total. The highest BCUT2D eigenvalue weighted by atomic mass is 32.1. The van der Waals surface area contributed by atoms with E-state index in [1.54, 1.807) is 42.5 Å². The van der Waals surface area contributed by atoms with Crippen LogP contribution in [0.25, 0.3) is 6.08 Å². The van der Waals surface area contributed by atoms with Crippen molar-refractivity contribution in [3.05, 3.63) is 129 Å². The predicted molar refractivity (Wildman–Crippen MR) is 141 cm³/mol. The number of ketones is 3. The van der Waals surface area contributed by atoms with Crippen molar-refractivity contribution in [1.82, 2.24) is 0 Å². The Morgan fingerprint density at radius 1 is 0.838 bits per heavy atom. The molecule has 0 N–H and O–H groups in total. The summed E-state index contributed by atoms with van der Waals surface area (Å²) in [5.41, 5.74) is 1.47. The molecule has 37 heavy (non-hydrogen) atoms. The van der Waals surface area contributed by atoms with Crippen molar-refractivity contribution in [1.29, 1.82) is 0 Å². The van der Waals surface area contributed by atoms with Gasteiger partial charge in [-0.25, -0.2) is 4.39 Å². The highest BCUT2D eigenvalue weighted by Crippen LogP contribution is 2.61. The normalized spacial score (nSPS) is 22.7. The number of carbonyl (C=O) groups excluding carboxylic acids is 3. The Kier molecular flexibility index (Phi) is 4.72. The molecule has 1 aromatic heterocycles. The molecule has 0 bridgehead atoms. The third kappa shape index (κ3) is 2.84. The zero-order valence-electron chi connectivity index (χ0n) is 19.5. The lowest BCUT2D eigenvalue weighted by molar-refractivity contribution is 0.0666. The van der Waals surface area contributed by atoms with E-state index in [1.165, 1.54) is 23.5 Å². The second-order valence-corrected chi connectivity index (χ2v) is 10.6. The molecule has 3 aromatic carbocycles. The predicted octanol–water partition coefficient (Wildman–Crippen LogP) is 6.20. The summed E-state index contributed by atoms with van der Waals surface area (Å²) in [5.74, 6) is -1.98. The minimum Gasteiger partial charge on any atom is -0.352 e. The molecule has 6 heteroatoms. The number of nitrogens with zero attached hydrogens (tertiary/aromatic N) is 1. The van der Waals surface area contributed by atoms with Crippen molar-refractivity contribution in [2.24, 2.45) is 5.41 Å². The number of thiophene rings is 1. The van der Waals surface area contributed by atoms with Crippen LogP contribution in [0.1, 0.15) is 47.4 Å². The summed E-state index contributed by atoms with van der Waals surface area (Å²) >= 11 is 1.33. The second kappa shape index (κ2) is 7.92. The minimum atomic E-state index is -1.57. The van der Waals surface area contributed by atoms with Gasteiger partial charge in [0.25, 0.3) is 0 Å². The van der Waals surface area contributed by atoms with Crippen molar-refractivity contribution < 1.29 is 18.8 Å². The van der Waals surface area contributed by atoms with E-state index in [-0.39, 0.29) is 17.3 Å². The standard InChI is InChI=1S/C31H20FNO3S/c32-20-14-11-19(12-15-20)26-27(28(34)24-10-5-17-37-24)33-23-9-4-1-6-18(23)13-16-25(33)31(26)29(35)21-7-2-3-8-22(21)30(31)36/h1-17,25-27H/t25-,26-,27+/m1/s1. The Morgan fingerprint density at radius 3 is 2.19 bits per heavy atom. The summed E-state index contributed by atoms with van der Waals surface area (Å²) in [6.07, 6.45) is 3.82. The summed E-state index contributed by atoms with van der Waals surface area (Å²) in [4.78, 5) is 45.7. The zero-order valence-corrected chi connectivity index (χ0v) is 20.3. The first-order valence-corrected chi connectivity index (χ1v) is 13.0. The van der Waals surface area contributed by atoms with Gasteiger partial charge in [0.1, 0.15) is 17.3 Å². The number of fused-ring (bicyclic) bond motifs is 5. The number of anilines is 1. The molecular weight excluding hydrogens is 485 g/mol. The largest absolute Gasteiger partial charge is 0.352 e. The topological polar surface area (TPSA) is 54.5 Å². The number of rotatable bonds is 3. The smallest absolute Gasteiger partial charge is 0.195 e. The van der Waals surface area contributed by atoms with Crippen LogP contribution in [-0.2, 0) is 0 Å². The molecule has 1 spiro atoms. The number of halogens is 1. The summed E-state index contributed by atoms with van der Waals surface area (Å²) in [7, 11) is 0. The average molecular weight is 506 g/mol. The highest BCUT2D eigenvalue weighted by Gasteiger charge is 2.71. The van der Waals surface area contributed by atoms with Gasteiger partial charge in [-0.3, -0.25) is 14.4 Å². The molecule has 180 valence electrons. The van der Waals surface area contributed by atoms with Crippen molar-refractivity contribution >= 4 is 40.4 Å². The van der Waals surface area contributed by atoms with Crippen LogP contribution in [0.3, 0.4) is 0 Å². The molecule has 0 radical (unpaired) electrons. The fourth-order valence-corrected chi connectivity index (χ4v) is 7.22. The number of benzene rings is 3. The summed E-state index contributed by atoms with van der Waals surface area (Å²) in [6.45, 7) is 0. The number of carbonyl (C=O) groups is 3. The maximum Gasteiger partial charge on any atom is 0.195 e. The van der Waals surface area contributed by atoms with E-state index in [0.717, 1.165) is 11.3 Å². The van der Waals surface area contributed by atoms with Gasteiger partial charge in [-0.2, -0.15) is 0 Å². The maximum absolute atomic E-state index is 14.4. The summed E-state index contributed by atoms with van der Waals surface area (Å²) in [6, 6.07) is 22.5. The van der Waals surface area contributed by atoms with Gasteiger partial charge in [0.05, 0.1) is 10.9 Å². The second-order valence-electron chi connectivity index (χ2n) is 9.66. The molecule has 1 saturated heterocycles. The van der Waals surface area contributed by atoms with Crippen LogP contribution in [0, 0.1) is 11.2 Å². The first-order chi connectivity index (χ1) is 18.0. The zero-order chi connectivity index (χ0) is 25.3. The van der Waals surface area contributed by atoms with Crippen molar-refractivity contribution in [2.75, 3.05) is 4.90 Å². The Bertz CT molecular complexity index is 1590. The first-order valence-electron chi connectivity index (χ1n) is 12.1. The van der Waals surface area contributed by atoms with Gasteiger partial charge < -0.3 is 4.90 Å². The van der Waals surface area contributed by atoms with Crippen LogP contribution in [0.2, 0.25) is 0 Å². The van der Waals surface area contributed by atoms with E-state index in [0.29, 0.717) is 21.6 Å². The van der Waals surface area contributed by atoms with Crippen LogP contribution in [0.4, 0.5) is 10.1 Å². The SMILES string of the molecule is O=C(c1cccs1)[C@@H]1[C@@H](c2ccc(F)cc2)C2(C(=O)c3ccccc3C2=O)[C@H]2C=Cc3ccccc3N12. The number of Topliss-reactive ketones (excluding diaryl/α,β-unsaturated/α-hetero) is 3. The molecule has 4 aromatic rings. The Labute approximate surface area is 216 Å². The van der Waals surface area contributed by atoms with E-state index < -0.39 is 29.2 Å². The van der Waals surface area contributed by atoms with Gasteiger partial charge >= 0.3 is 0 Å². The maximum atomic E-state index is 14.4. The number of para-hydroxylation sites is 1. The molecule has 0 unspecified atom stereocenters. The van der Waals surface area contributed by atoms with E-state index in [2.05, 4.69) is 0 Å². The van der Waals surface area contributed by atoms with Crippen LogP contribution in [-0.4, -0.2) is 29.4 Å². The van der Waals surface area contributed by atoms with Crippen LogP contribution in [0.5, 0.6) is 0 Å². The van der Waals surface area contributed by atoms with Gasteiger partial charge in [0.2, 0.25) is 0 Å². The third-order valence-electron chi connectivity index (χ3n) is 7.97. The Morgan fingerprint density at radius 2 is 1.51 bits per heavy atom. The molecule has 3 heterocycles. The Balaban J connectivity index is 1.56. The summed E-state index contributed by atoms with van der Waals surface area (Å²) < 4.78 is 14.1. The molecule has 1 fully saturated rings. The molecule has 2 aliphatic heterocycles. The van der Waals surface area contributed by atoms with E-state index >= 15 is 0 Å². The quantitative estimate of drug-likeness (QED) is 0.246. The molecule has 3 atom stereocenters. The van der Waals surface area contributed by atoms with Gasteiger partial charge in [-0.1, -0.05) is 72.8 Å². The first kappa shape index (κ1) is 22.1. The van der Waals surface area contributed by atoms with Gasteiger partial charge in [-0.15, -0.1) is 11.3 Å². The molecular formula is C31H20FNO3S. The van der Waals surface area contributed by atoms with E-state index in [1.807, 2.05) is 52.8 Å². The lowest BCUT2D eigenvalue weighted by Gasteiger charge is -2.37. The lowest BCUT2D eigenvalue weighted by atomic mass is 9.64. The van der Waals surface area contributed by atoms with E-state index in [4.69, 9.17) is 0 Å². The number of hydrogen-bond acceptors (Lipinski definition) is 5. The average Bonchev–Trinajstić information content (AvgIpc) is 3.63. The monoisotopic (exact) mass is 505 g/mol. The molecule has 1 aliphatic carbocycles. The van der Waals surface area contributed by atoms with Crippen LogP contribution >= 0.6 is 11.3 Å². The van der Waals surface area contributed by atoms with Crippen molar-refractivity contribution in [2.45, 2.75) is 18.0 Å². The fourth-order valence-electron chi connectivity index (χ4n) is 6.53. The Hall–Kier alpha value is -4.16. The lowest BCUT2D eigenvalue weighted by Crippen LogP contribution is -2.48. The van der Waals surface area contributed by atoms with Crippen molar-refractivity contribution in [3.8, 4) is 0 Å². The summed E-state index contributed by atoms with van der Waals surface area (Å²) in [5, 5.41) is 1.84. The molecule has 7 rings (SSSR count). The molecule has 0 saturated carbocycles. The van der Waals surface area contributed by atoms with Gasteiger partial charge in [-0.05, 0) is 40.8 Å². The fraction of sp³-hybridized carbons (Fsp3) is 0.129. The van der Waals surface area contributed by atoms with Crippen LogP contribution < -0.4 is 4.90 Å². The van der Waals surface area contributed by atoms with Gasteiger partial charge in [0, 0.05) is 22.7 Å². The van der Waals surface area contributed by atoms with Gasteiger partial charge in [0.15, 0.2) is 17.3 Å². The molecule has 3 aliphatic rings. The number of hydrogen-bond donors (Lipinski definition) is 0.